The average Bonchev–Trinajstić information content (AvgIpc) is 2.95. The molecule has 7 nitrogen and oxygen atoms in total. The number of amides is 2. The normalized spacial score (nSPS) is 14.5. The first-order valence-corrected chi connectivity index (χ1v) is 8.63. The number of carbonyl (C=O) groups is 1. The number of rotatable bonds is 4. The van der Waals surface area contributed by atoms with E-state index in [1.807, 2.05) is 49.9 Å². The molecule has 2 N–H and O–H groups in total. The lowest BCUT2D eigenvalue weighted by atomic mass is 10.2. The molecule has 0 bridgehead atoms. The van der Waals surface area contributed by atoms with Gasteiger partial charge in [0.1, 0.15) is 5.75 Å². The van der Waals surface area contributed by atoms with Crippen molar-refractivity contribution in [3.8, 4) is 5.75 Å². The maximum Gasteiger partial charge on any atom is 0.321 e. The van der Waals surface area contributed by atoms with Crippen LogP contribution in [-0.4, -0.2) is 53.9 Å². The van der Waals surface area contributed by atoms with Crippen molar-refractivity contribution in [2.24, 2.45) is 0 Å². The molecule has 2 heterocycles. The standard InChI is InChI=1S/C18H25N5O2/c1-4-25-16-7-5-15(6-8-16)19-18(24)23-11-9-22(10-12-23)17-13(2)20-21-14(17)3/h5-8H,4,9-12H2,1-3H3,(H,19,24)(H,20,21). The number of nitrogens with zero attached hydrogens (tertiary/aromatic N) is 3. The van der Waals surface area contributed by atoms with Crippen LogP contribution < -0.4 is 15.0 Å². The predicted octanol–water partition coefficient (Wildman–Crippen LogP) is 2.78. The van der Waals surface area contributed by atoms with E-state index in [1.165, 1.54) is 0 Å². The average molecular weight is 343 g/mol. The third-order valence-electron chi connectivity index (χ3n) is 4.39. The molecule has 1 aliphatic rings. The Kier molecular flexibility index (Phi) is 5.11. The summed E-state index contributed by atoms with van der Waals surface area (Å²) in [5, 5.41) is 10.2. The second kappa shape index (κ2) is 7.46. The van der Waals surface area contributed by atoms with Gasteiger partial charge in [-0.2, -0.15) is 5.10 Å². The summed E-state index contributed by atoms with van der Waals surface area (Å²) in [4.78, 5) is 16.6. The molecule has 1 aromatic heterocycles. The summed E-state index contributed by atoms with van der Waals surface area (Å²) < 4.78 is 5.41. The lowest BCUT2D eigenvalue weighted by molar-refractivity contribution is 0.208. The van der Waals surface area contributed by atoms with Gasteiger partial charge < -0.3 is 19.9 Å². The monoisotopic (exact) mass is 343 g/mol. The predicted molar refractivity (Wildman–Crippen MR) is 98.5 cm³/mol. The van der Waals surface area contributed by atoms with Crippen molar-refractivity contribution in [2.75, 3.05) is 43.0 Å². The summed E-state index contributed by atoms with van der Waals surface area (Å²) >= 11 is 0. The summed E-state index contributed by atoms with van der Waals surface area (Å²) in [5.41, 5.74) is 4.01. The fourth-order valence-corrected chi connectivity index (χ4v) is 3.15. The Balaban J connectivity index is 1.54. The van der Waals surface area contributed by atoms with Gasteiger partial charge in [-0.15, -0.1) is 0 Å². The number of ether oxygens (including phenoxy) is 1. The number of urea groups is 1. The molecule has 7 heteroatoms. The van der Waals surface area contributed by atoms with E-state index in [0.717, 1.165) is 41.6 Å². The highest BCUT2D eigenvalue weighted by atomic mass is 16.5. The van der Waals surface area contributed by atoms with Gasteiger partial charge in [-0.1, -0.05) is 0 Å². The van der Waals surface area contributed by atoms with Gasteiger partial charge >= 0.3 is 6.03 Å². The number of hydrogen-bond acceptors (Lipinski definition) is 4. The molecule has 0 aliphatic carbocycles. The molecule has 0 radical (unpaired) electrons. The van der Waals surface area contributed by atoms with Gasteiger partial charge in [0.25, 0.3) is 0 Å². The second-order valence-electron chi connectivity index (χ2n) is 6.14. The Morgan fingerprint density at radius 3 is 2.44 bits per heavy atom. The first kappa shape index (κ1) is 17.1. The van der Waals surface area contributed by atoms with Crippen LogP contribution in [-0.2, 0) is 0 Å². The van der Waals surface area contributed by atoms with E-state index >= 15 is 0 Å². The summed E-state index contributed by atoms with van der Waals surface area (Å²) in [6, 6.07) is 7.38. The van der Waals surface area contributed by atoms with Crippen molar-refractivity contribution in [1.29, 1.82) is 0 Å². The second-order valence-corrected chi connectivity index (χ2v) is 6.14. The first-order valence-electron chi connectivity index (χ1n) is 8.63. The van der Waals surface area contributed by atoms with Gasteiger partial charge in [-0.25, -0.2) is 4.79 Å². The summed E-state index contributed by atoms with van der Waals surface area (Å²) in [5.74, 6) is 0.806. The molecule has 2 amide bonds. The number of hydrogen-bond donors (Lipinski definition) is 2. The van der Waals surface area contributed by atoms with Crippen LogP contribution >= 0.6 is 0 Å². The molecule has 0 atom stereocenters. The Bertz CT molecular complexity index is 698. The highest BCUT2D eigenvalue weighted by Crippen LogP contribution is 2.23. The molecular formula is C18H25N5O2. The number of piperazine rings is 1. The third-order valence-corrected chi connectivity index (χ3v) is 4.39. The molecule has 2 aromatic rings. The minimum absolute atomic E-state index is 0.0653. The SMILES string of the molecule is CCOc1ccc(NC(=O)N2CCN(c3c(C)n[nH]c3C)CC2)cc1. The van der Waals surface area contributed by atoms with Crippen molar-refractivity contribution < 1.29 is 9.53 Å². The topological polar surface area (TPSA) is 73.5 Å². The van der Waals surface area contributed by atoms with Crippen LogP contribution in [0.5, 0.6) is 5.75 Å². The lowest BCUT2D eigenvalue weighted by Gasteiger charge is -2.36. The zero-order valence-electron chi connectivity index (χ0n) is 15.0. The zero-order chi connectivity index (χ0) is 17.8. The molecule has 1 fully saturated rings. The van der Waals surface area contributed by atoms with E-state index in [4.69, 9.17) is 4.74 Å². The number of anilines is 2. The zero-order valence-corrected chi connectivity index (χ0v) is 15.0. The highest BCUT2D eigenvalue weighted by Gasteiger charge is 2.24. The summed E-state index contributed by atoms with van der Waals surface area (Å²) in [6.45, 7) is 9.59. The molecule has 1 aromatic carbocycles. The largest absolute Gasteiger partial charge is 0.494 e. The fourth-order valence-electron chi connectivity index (χ4n) is 3.15. The number of aromatic nitrogens is 2. The molecular weight excluding hydrogens is 318 g/mol. The number of nitrogens with one attached hydrogen (secondary N) is 2. The van der Waals surface area contributed by atoms with Gasteiger partial charge in [0.2, 0.25) is 0 Å². The third kappa shape index (κ3) is 3.87. The molecule has 0 spiro atoms. The van der Waals surface area contributed by atoms with Gasteiger partial charge in [-0.3, -0.25) is 5.10 Å². The van der Waals surface area contributed by atoms with E-state index in [0.29, 0.717) is 19.7 Å². The minimum atomic E-state index is -0.0653. The van der Waals surface area contributed by atoms with Gasteiger partial charge in [0.05, 0.1) is 23.7 Å². The van der Waals surface area contributed by atoms with Crippen LogP contribution in [0.25, 0.3) is 0 Å². The lowest BCUT2D eigenvalue weighted by Crippen LogP contribution is -2.50. The summed E-state index contributed by atoms with van der Waals surface area (Å²) in [7, 11) is 0. The van der Waals surface area contributed by atoms with E-state index < -0.39 is 0 Å². The van der Waals surface area contributed by atoms with Crippen LogP contribution in [0.4, 0.5) is 16.2 Å². The van der Waals surface area contributed by atoms with E-state index in [-0.39, 0.29) is 6.03 Å². The first-order chi connectivity index (χ1) is 12.1. The number of H-pyrrole nitrogens is 1. The maximum absolute atomic E-state index is 12.5. The molecule has 134 valence electrons. The van der Waals surface area contributed by atoms with Gasteiger partial charge in [0.15, 0.2) is 0 Å². The molecule has 0 saturated carbocycles. The quantitative estimate of drug-likeness (QED) is 0.895. The smallest absolute Gasteiger partial charge is 0.321 e. The van der Waals surface area contributed by atoms with Crippen molar-refractivity contribution in [3.05, 3.63) is 35.7 Å². The van der Waals surface area contributed by atoms with E-state index in [2.05, 4.69) is 20.4 Å². The number of aromatic amines is 1. The van der Waals surface area contributed by atoms with E-state index in [9.17, 15) is 4.79 Å². The molecule has 0 unspecified atom stereocenters. The van der Waals surface area contributed by atoms with Crippen molar-refractivity contribution >= 4 is 17.4 Å². The van der Waals surface area contributed by atoms with Crippen LogP contribution in [0, 0.1) is 13.8 Å². The number of benzene rings is 1. The Labute approximate surface area is 148 Å². The molecule has 1 saturated heterocycles. The van der Waals surface area contributed by atoms with E-state index in [1.54, 1.807) is 0 Å². The van der Waals surface area contributed by atoms with Gasteiger partial charge in [0, 0.05) is 31.9 Å². The fraction of sp³-hybridized carbons (Fsp3) is 0.444. The molecule has 1 aliphatic heterocycles. The van der Waals surface area contributed by atoms with Crippen molar-refractivity contribution in [3.63, 3.8) is 0 Å². The van der Waals surface area contributed by atoms with Crippen LogP contribution in [0.3, 0.4) is 0 Å². The minimum Gasteiger partial charge on any atom is -0.494 e. The molecule has 3 rings (SSSR count). The van der Waals surface area contributed by atoms with Crippen LogP contribution in [0.15, 0.2) is 24.3 Å². The van der Waals surface area contributed by atoms with Crippen molar-refractivity contribution in [1.82, 2.24) is 15.1 Å². The van der Waals surface area contributed by atoms with Crippen LogP contribution in [0.2, 0.25) is 0 Å². The van der Waals surface area contributed by atoms with Gasteiger partial charge in [-0.05, 0) is 45.0 Å². The maximum atomic E-state index is 12.5. The highest BCUT2D eigenvalue weighted by molar-refractivity contribution is 5.89. The number of aryl methyl sites for hydroxylation is 2. The molecule has 25 heavy (non-hydrogen) atoms. The Morgan fingerprint density at radius 1 is 1.20 bits per heavy atom. The van der Waals surface area contributed by atoms with Crippen molar-refractivity contribution in [2.45, 2.75) is 20.8 Å². The number of carbonyl (C=O) groups excluding carboxylic acids is 1. The van der Waals surface area contributed by atoms with Crippen LogP contribution in [0.1, 0.15) is 18.3 Å². The summed E-state index contributed by atoms with van der Waals surface area (Å²) in [6.07, 6.45) is 0. The Morgan fingerprint density at radius 2 is 1.88 bits per heavy atom. The Hall–Kier alpha value is -2.70.